The maximum atomic E-state index is 13.9. The molecule has 0 spiro atoms. The number of hydrogen-bond acceptors (Lipinski definition) is 3. The van der Waals surface area contributed by atoms with E-state index < -0.39 is 0 Å². The second-order valence-electron chi connectivity index (χ2n) is 5.86. The summed E-state index contributed by atoms with van der Waals surface area (Å²) in [5.41, 5.74) is 3.35. The lowest BCUT2D eigenvalue weighted by atomic mass is 9.93. The van der Waals surface area contributed by atoms with Crippen LogP contribution < -0.4 is 10.1 Å². The smallest absolute Gasteiger partial charge is 0.125 e. The fourth-order valence-corrected chi connectivity index (χ4v) is 3.45. The molecular weight excluding hydrogens is 279 g/mol. The number of piperazine rings is 1. The number of rotatable bonds is 1. The number of halogens is 1. The van der Waals surface area contributed by atoms with Gasteiger partial charge in [0.2, 0.25) is 0 Å². The summed E-state index contributed by atoms with van der Waals surface area (Å²) in [6.45, 7) is 4.37. The Labute approximate surface area is 129 Å². The molecule has 2 aliphatic heterocycles. The molecule has 0 aliphatic carbocycles. The Morgan fingerprint density at radius 2 is 1.86 bits per heavy atom. The molecule has 114 valence electrons. The third kappa shape index (κ3) is 2.38. The van der Waals surface area contributed by atoms with Crippen LogP contribution in [-0.4, -0.2) is 31.1 Å². The Bertz CT molecular complexity index is 683. The zero-order valence-corrected chi connectivity index (χ0v) is 12.4. The van der Waals surface area contributed by atoms with Crippen molar-refractivity contribution in [2.75, 3.05) is 26.2 Å². The molecule has 0 saturated carbocycles. The van der Waals surface area contributed by atoms with Crippen molar-refractivity contribution in [3.63, 3.8) is 0 Å². The molecule has 1 unspecified atom stereocenters. The van der Waals surface area contributed by atoms with Gasteiger partial charge in [-0.2, -0.15) is 0 Å². The molecule has 1 atom stereocenters. The third-order valence-electron chi connectivity index (χ3n) is 4.52. The van der Waals surface area contributed by atoms with Gasteiger partial charge in [-0.1, -0.05) is 24.3 Å². The minimum Gasteiger partial charge on any atom is -0.489 e. The van der Waals surface area contributed by atoms with Gasteiger partial charge >= 0.3 is 0 Å². The predicted octanol–water partition coefficient (Wildman–Crippen LogP) is 2.71. The van der Waals surface area contributed by atoms with Gasteiger partial charge in [0.25, 0.3) is 0 Å². The van der Waals surface area contributed by atoms with E-state index in [1.165, 1.54) is 17.2 Å². The van der Waals surface area contributed by atoms with Crippen molar-refractivity contribution >= 4 is 0 Å². The summed E-state index contributed by atoms with van der Waals surface area (Å²) in [5, 5.41) is 3.38. The Morgan fingerprint density at radius 3 is 2.73 bits per heavy atom. The summed E-state index contributed by atoms with van der Waals surface area (Å²) < 4.78 is 19.8. The zero-order valence-electron chi connectivity index (χ0n) is 12.4. The minimum atomic E-state index is -0.207. The van der Waals surface area contributed by atoms with Gasteiger partial charge in [0, 0.05) is 31.7 Å². The summed E-state index contributed by atoms with van der Waals surface area (Å²) in [6.07, 6.45) is 0. The van der Waals surface area contributed by atoms with Crippen LogP contribution in [0.3, 0.4) is 0 Å². The Morgan fingerprint density at radius 1 is 1.05 bits per heavy atom. The van der Waals surface area contributed by atoms with Crippen molar-refractivity contribution < 1.29 is 9.13 Å². The van der Waals surface area contributed by atoms with E-state index in [-0.39, 0.29) is 11.9 Å². The monoisotopic (exact) mass is 298 g/mol. The van der Waals surface area contributed by atoms with Crippen molar-refractivity contribution in [3.8, 4) is 5.75 Å². The quantitative estimate of drug-likeness (QED) is 0.876. The maximum absolute atomic E-state index is 13.9. The van der Waals surface area contributed by atoms with Gasteiger partial charge in [-0.05, 0) is 29.3 Å². The number of benzene rings is 2. The number of ether oxygens (including phenoxy) is 1. The SMILES string of the molecule is Fc1ccc2c(c1)C(N1CCNCC1)c1ccccc1CO2. The number of nitrogens with zero attached hydrogens (tertiary/aromatic N) is 1. The summed E-state index contributed by atoms with van der Waals surface area (Å²) in [5.74, 6) is 0.586. The highest BCUT2D eigenvalue weighted by Crippen LogP contribution is 2.39. The molecule has 0 radical (unpaired) electrons. The highest BCUT2D eigenvalue weighted by Gasteiger charge is 2.30. The zero-order chi connectivity index (χ0) is 14.9. The molecule has 2 aromatic carbocycles. The molecule has 2 aromatic rings. The van der Waals surface area contributed by atoms with Gasteiger partial charge in [-0.25, -0.2) is 4.39 Å². The molecule has 4 heteroatoms. The predicted molar refractivity (Wildman–Crippen MR) is 83.5 cm³/mol. The van der Waals surface area contributed by atoms with Crippen LogP contribution in [0.15, 0.2) is 42.5 Å². The summed E-state index contributed by atoms with van der Waals surface area (Å²) in [6, 6.07) is 13.3. The topological polar surface area (TPSA) is 24.5 Å². The molecule has 0 bridgehead atoms. The van der Waals surface area contributed by atoms with Crippen molar-refractivity contribution in [2.24, 2.45) is 0 Å². The van der Waals surface area contributed by atoms with Crippen LogP contribution in [0, 0.1) is 5.82 Å². The first-order chi connectivity index (χ1) is 10.8. The molecule has 2 heterocycles. The molecule has 2 aliphatic rings. The first-order valence-electron chi connectivity index (χ1n) is 7.78. The number of nitrogens with one attached hydrogen (secondary N) is 1. The van der Waals surface area contributed by atoms with Crippen molar-refractivity contribution in [3.05, 3.63) is 65.0 Å². The van der Waals surface area contributed by atoms with Crippen LogP contribution in [-0.2, 0) is 6.61 Å². The van der Waals surface area contributed by atoms with E-state index >= 15 is 0 Å². The standard InChI is InChI=1S/C18H19FN2O/c19-14-5-6-17-16(11-14)18(21-9-7-20-8-10-21)15-4-2-1-3-13(15)12-22-17/h1-6,11,18,20H,7-10,12H2. The van der Waals surface area contributed by atoms with Crippen molar-refractivity contribution in [1.29, 1.82) is 0 Å². The van der Waals surface area contributed by atoms with E-state index in [1.807, 2.05) is 6.07 Å². The van der Waals surface area contributed by atoms with Crippen LogP contribution in [0.25, 0.3) is 0 Å². The summed E-state index contributed by atoms with van der Waals surface area (Å²) in [7, 11) is 0. The molecule has 1 saturated heterocycles. The largest absolute Gasteiger partial charge is 0.489 e. The van der Waals surface area contributed by atoms with Crippen LogP contribution in [0.4, 0.5) is 4.39 Å². The highest BCUT2D eigenvalue weighted by molar-refractivity contribution is 5.46. The Balaban J connectivity index is 1.87. The van der Waals surface area contributed by atoms with Gasteiger partial charge in [0.1, 0.15) is 18.2 Å². The lowest BCUT2D eigenvalue weighted by molar-refractivity contribution is 0.197. The van der Waals surface area contributed by atoms with E-state index in [2.05, 4.69) is 28.4 Å². The molecule has 1 fully saturated rings. The second-order valence-corrected chi connectivity index (χ2v) is 5.86. The van der Waals surface area contributed by atoms with Gasteiger partial charge < -0.3 is 10.1 Å². The van der Waals surface area contributed by atoms with Gasteiger partial charge in [-0.15, -0.1) is 0 Å². The first kappa shape index (κ1) is 13.7. The number of hydrogen-bond donors (Lipinski definition) is 1. The van der Waals surface area contributed by atoms with Crippen LogP contribution in [0.1, 0.15) is 22.7 Å². The van der Waals surface area contributed by atoms with Crippen molar-refractivity contribution in [2.45, 2.75) is 12.6 Å². The van der Waals surface area contributed by atoms with Gasteiger partial charge in [-0.3, -0.25) is 4.90 Å². The Kier molecular flexibility index (Phi) is 3.56. The lowest BCUT2D eigenvalue weighted by Crippen LogP contribution is -2.45. The molecule has 1 N–H and O–H groups in total. The molecule has 0 aromatic heterocycles. The Hall–Kier alpha value is -1.91. The normalized spacial score (nSPS) is 21.4. The van der Waals surface area contributed by atoms with Crippen LogP contribution in [0.2, 0.25) is 0 Å². The first-order valence-corrected chi connectivity index (χ1v) is 7.78. The van der Waals surface area contributed by atoms with Crippen LogP contribution in [0.5, 0.6) is 5.75 Å². The highest BCUT2D eigenvalue weighted by atomic mass is 19.1. The minimum absolute atomic E-state index is 0.0616. The number of fused-ring (bicyclic) bond motifs is 2. The molecular formula is C18H19FN2O. The van der Waals surface area contributed by atoms with E-state index in [9.17, 15) is 4.39 Å². The van der Waals surface area contributed by atoms with E-state index in [4.69, 9.17) is 4.74 Å². The molecule has 0 amide bonds. The van der Waals surface area contributed by atoms with E-state index in [0.717, 1.165) is 37.5 Å². The third-order valence-corrected chi connectivity index (χ3v) is 4.52. The molecule has 4 rings (SSSR count). The van der Waals surface area contributed by atoms with Gasteiger partial charge in [0.05, 0.1) is 6.04 Å². The summed E-state index contributed by atoms with van der Waals surface area (Å²) in [4.78, 5) is 2.42. The van der Waals surface area contributed by atoms with E-state index in [0.29, 0.717) is 6.61 Å². The molecule has 3 nitrogen and oxygen atoms in total. The fourth-order valence-electron chi connectivity index (χ4n) is 3.45. The second kappa shape index (κ2) is 5.71. The van der Waals surface area contributed by atoms with Gasteiger partial charge in [0.15, 0.2) is 0 Å². The average Bonchev–Trinajstić information content (AvgIpc) is 2.72. The average molecular weight is 298 g/mol. The lowest BCUT2D eigenvalue weighted by Gasteiger charge is -2.35. The van der Waals surface area contributed by atoms with Crippen LogP contribution >= 0.6 is 0 Å². The van der Waals surface area contributed by atoms with Crippen molar-refractivity contribution in [1.82, 2.24) is 10.2 Å². The van der Waals surface area contributed by atoms with E-state index in [1.54, 1.807) is 12.1 Å². The summed E-state index contributed by atoms with van der Waals surface area (Å²) >= 11 is 0. The maximum Gasteiger partial charge on any atom is 0.125 e. The fraction of sp³-hybridized carbons (Fsp3) is 0.333. The molecule has 22 heavy (non-hydrogen) atoms.